The van der Waals surface area contributed by atoms with Crippen molar-refractivity contribution in [2.24, 2.45) is 47.3 Å². The number of esters is 4. The van der Waals surface area contributed by atoms with Crippen molar-refractivity contribution >= 4 is 29.5 Å². The lowest BCUT2D eigenvalue weighted by molar-refractivity contribution is -0.156. The van der Waals surface area contributed by atoms with Crippen LogP contribution in [0.25, 0.3) is 5.57 Å². The van der Waals surface area contributed by atoms with E-state index < -0.39 is 47.5 Å². The lowest BCUT2D eigenvalue weighted by Gasteiger charge is -2.54. The highest BCUT2D eigenvalue weighted by atomic mass is 16.6. The summed E-state index contributed by atoms with van der Waals surface area (Å²) in [5.41, 5.74) is 4.48. The standard InChI is InChI=1S/C25H20O6/c1-9-8-14-15(11-5-3-2-4-10(9)11)16-12-6-7-13(19-18(12)22(26)30-23(19)27)17(16)21-20(14)24(28)31-25(21)29/h2-7,9,12-14,17-21H,8H2,1H3/t9-,12+,13+,14+,17-,18-,19-,20-,21-/m1/s1. The maximum absolute atomic E-state index is 12.9. The summed E-state index contributed by atoms with van der Waals surface area (Å²) in [6, 6.07) is 8.22. The Kier molecular flexibility index (Phi) is 3.19. The number of hydrogen-bond acceptors (Lipinski definition) is 6. The Morgan fingerprint density at radius 3 is 2.26 bits per heavy atom. The van der Waals surface area contributed by atoms with E-state index in [-0.39, 0.29) is 29.6 Å². The van der Waals surface area contributed by atoms with Crippen molar-refractivity contribution in [1.29, 1.82) is 0 Å². The number of allylic oxidation sites excluding steroid dienone is 4. The third-order valence-corrected chi connectivity index (χ3v) is 8.63. The summed E-state index contributed by atoms with van der Waals surface area (Å²) < 4.78 is 10.2. The number of hydrogen-bond donors (Lipinski definition) is 0. The highest BCUT2D eigenvalue weighted by Crippen LogP contribution is 2.66. The van der Waals surface area contributed by atoms with Crippen molar-refractivity contribution in [3.63, 3.8) is 0 Å². The van der Waals surface area contributed by atoms with Crippen molar-refractivity contribution in [1.82, 2.24) is 0 Å². The Morgan fingerprint density at radius 2 is 1.45 bits per heavy atom. The van der Waals surface area contributed by atoms with E-state index >= 15 is 0 Å². The van der Waals surface area contributed by atoms with Crippen LogP contribution in [0.15, 0.2) is 42.0 Å². The van der Waals surface area contributed by atoms with Crippen molar-refractivity contribution in [2.45, 2.75) is 19.3 Å². The van der Waals surface area contributed by atoms with Crippen LogP contribution in [0.1, 0.15) is 30.4 Å². The van der Waals surface area contributed by atoms with E-state index in [0.29, 0.717) is 0 Å². The van der Waals surface area contributed by atoms with Gasteiger partial charge in [-0.05, 0) is 40.9 Å². The summed E-state index contributed by atoms with van der Waals surface area (Å²) in [7, 11) is 0. The van der Waals surface area contributed by atoms with Gasteiger partial charge in [-0.3, -0.25) is 19.2 Å². The van der Waals surface area contributed by atoms with E-state index in [9.17, 15) is 19.2 Å². The Labute approximate surface area is 178 Å². The van der Waals surface area contributed by atoms with E-state index in [1.165, 1.54) is 5.56 Å². The van der Waals surface area contributed by atoms with Gasteiger partial charge in [-0.1, -0.05) is 48.9 Å². The lowest BCUT2D eigenvalue weighted by Crippen LogP contribution is -2.53. The Morgan fingerprint density at radius 1 is 0.774 bits per heavy atom. The van der Waals surface area contributed by atoms with Crippen LogP contribution in [0.4, 0.5) is 0 Å². The van der Waals surface area contributed by atoms with Crippen LogP contribution in [0.3, 0.4) is 0 Å². The first-order valence-electron chi connectivity index (χ1n) is 11.0. The summed E-state index contributed by atoms with van der Waals surface area (Å²) in [6.45, 7) is 2.15. The molecule has 9 atom stereocenters. The highest BCUT2D eigenvalue weighted by Gasteiger charge is 2.68. The van der Waals surface area contributed by atoms with Crippen LogP contribution in [-0.2, 0) is 28.7 Å². The summed E-state index contributed by atoms with van der Waals surface area (Å²) in [6.07, 6.45) is 4.74. The van der Waals surface area contributed by atoms with E-state index in [2.05, 4.69) is 19.1 Å². The maximum Gasteiger partial charge on any atom is 0.318 e. The van der Waals surface area contributed by atoms with Crippen LogP contribution in [0.2, 0.25) is 0 Å². The first-order chi connectivity index (χ1) is 15.0. The van der Waals surface area contributed by atoms with Gasteiger partial charge >= 0.3 is 23.9 Å². The molecule has 6 heteroatoms. The Balaban J connectivity index is 1.55. The molecule has 2 aliphatic heterocycles. The fourth-order valence-corrected chi connectivity index (χ4v) is 7.65. The van der Waals surface area contributed by atoms with Crippen LogP contribution in [-0.4, -0.2) is 23.9 Å². The predicted molar refractivity (Wildman–Crippen MR) is 106 cm³/mol. The van der Waals surface area contributed by atoms with Gasteiger partial charge in [-0.25, -0.2) is 0 Å². The van der Waals surface area contributed by atoms with Crippen LogP contribution in [0.5, 0.6) is 0 Å². The van der Waals surface area contributed by atoms with Gasteiger partial charge in [-0.2, -0.15) is 0 Å². The number of benzene rings is 1. The quantitative estimate of drug-likeness (QED) is 0.367. The number of carbonyl (C=O) groups is 4. The highest BCUT2D eigenvalue weighted by molar-refractivity contribution is 6.02. The SMILES string of the molecule is C[C@@H]1C[C@H]2C(=C3[C@@H]([C@@H]4C=C[C@@H]3[C@H]3C(=O)OC(=O)[C@H]43)[C@H]3C(=O)OC(=O)[C@@H]32)c2ccccc21. The molecule has 6 nitrogen and oxygen atoms in total. The number of fused-ring (bicyclic) bond motifs is 5. The molecule has 2 bridgehead atoms. The molecule has 2 saturated heterocycles. The molecule has 0 unspecified atom stereocenters. The summed E-state index contributed by atoms with van der Waals surface area (Å²) in [5.74, 6) is -5.00. The van der Waals surface area contributed by atoms with E-state index in [1.807, 2.05) is 24.3 Å². The molecule has 0 spiro atoms. The molecule has 31 heavy (non-hydrogen) atoms. The number of cyclic esters (lactones) is 4. The molecule has 2 heterocycles. The van der Waals surface area contributed by atoms with Gasteiger partial charge in [0.25, 0.3) is 0 Å². The van der Waals surface area contributed by atoms with Crippen LogP contribution >= 0.6 is 0 Å². The van der Waals surface area contributed by atoms with Crippen molar-refractivity contribution in [2.75, 3.05) is 0 Å². The van der Waals surface area contributed by atoms with Crippen molar-refractivity contribution < 1.29 is 28.7 Å². The lowest BCUT2D eigenvalue weighted by atomic mass is 9.46. The van der Waals surface area contributed by atoms with Gasteiger partial charge in [0.05, 0.1) is 23.7 Å². The summed E-state index contributed by atoms with van der Waals surface area (Å²) in [5, 5.41) is 0. The minimum Gasteiger partial charge on any atom is -0.393 e. The molecule has 0 radical (unpaired) electrons. The average molecular weight is 416 g/mol. The van der Waals surface area contributed by atoms with Crippen molar-refractivity contribution in [3.05, 3.63) is 53.1 Å². The molecule has 0 amide bonds. The second-order valence-corrected chi connectivity index (χ2v) is 9.80. The fraction of sp³-hybridized carbons (Fsp3) is 0.440. The molecule has 0 N–H and O–H groups in total. The van der Waals surface area contributed by atoms with Crippen LogP contribution in [0, 0.1) is 47.3 Å². The molecule has 156 valence electrons. The molecular weight excluding hydrogens is 396 g/mol. The molecule has 1 aromatic carbocycles. The van der Waals surface area contributed by atoms with Gasteiger partial charge < -0.3 is 9.47 Å². The summed E-state index contributed by atoms with van der Waals surface area (Å²) in [4.78, 5) is 51.0. The zero-order valence-electron chi connectivity index (χ0n) is 16.8. The van der Waals surface area contributed by atoms with Gasteiger partial charge in [0.2, 0.25) is 0 Å². The minimum atomic E-state index is -0.601. The van der Waals surface area contributed by atoms with E-state index in [1.54, 1.807) is 0 Å². The van der Waals surface area contributed by atoms with Gasteiger partial charge in [0.15, 0.2) is 0 Å². The zero-order valence-corrected chi connectivity index (χ0v) is 16.8. The number of rotatable bonds is 0. The topological polar surface area (TPSA) is 86.7 Å². The normalized spacial score (nSPS) is 43.7. The Hall–Kier alpha value is -3.02. The first-order valence-corrected chi connectivity index (χ1v) is 11.0. The molecule has 7 aliphatic rings. The molecule has 5 aliphatic carbocycles. The smallest absolute Gasteiger partial charge is 0.318 e. The largest absolute Gasteiger partial charge is 0.393 e. The molecule has 8 rings (SSSR count). The predicted octanol–water partition coefficient (Wildman–Crippen LogP) is 2.64. The van der Waals surface area contributed by atoms with Crippen molar-refractivity contribution in [3.8, 4) is 0 Å². The molecule has 3 fully saturated rings. The monoisotopic (exact) mass is 416 g/mol. The number of ether oxygens (including phenoxy) is 2. The zero-order chi connectivity index (χ0) is 21.2. The van der Waals surface area contributed by atoms with E-state index in [0.717, 1.165) is 23.1 Å². The maximum atomic E-state index is 12.9. The van der Waals surface area contributed by atoms with Gasteiger partial charge in [0, 0.05) is 11.8 Å². The van der Waals surface area contributed by atoms with Gasteiger partial charge in [0.1, 0.15) is 0 Å². The Bertz CT molecular complexity index is 1170. The molecular formula is C25H20O6. The molecule has 1 aromatic rings. The van der Waals surface area contributed by atoms with Gasteiger partial charge in [-0.15, -0.1) is 0 Å². The third kappa shape index (κ3) is 1.95. The molecule has 1 saturated carbocycles. The second kappa shape index (κ2) is 5.61. The average Bonchev–Trinajstić information content (AvgIpc) is 3.24. The van der Waals surface area contributed by atoms with E-state index in [4.69, 9.17) is 9.47 Å². The number of carbonyl (C=O) groups excluding carboxylic acids is 4. The fourth-order valence-electron chi connectivity index (χ4n) is 7.65. The summed E-state index contributed by atoms with van der Waals surface area (Å²) >= 11 is 0. The second-order valence-electron chi connectivity index (χ2n) is 9.80. The minimum absolute atomic E-state index is 0.126. The van der Waals surface area contributed by atoms with Crippen LogP contribution < -0.4 is 0 Å². The first kappa shape index (κ1) is 17.6. The third-order valence-electron chi connectivity index (χ3n) is 8.63. The molecule has 0 aromatic heterocycles.